The second-order valence-corrected chi connectivity index (χ2v) is 4.98. The van der Waals surface area contributed by atoms with Gasteiger partial charge >= 0.3 is 0 Å². The lowest BCUT2D eigenvalue weighted by Gasteiger charge is -2.13. The standard InChI is InChI=1S/C18H17FN2O3/c1-23-16-7-6-13(11-21-18(22)8-9-20)10-17(16)24-12-14-4-2-3-5-15(14)19/h2-7,10H,8,11-12H2,1H3,(H,21,22). The molecule has 0 aliphatic carbocycles. The molecule has 24 heavy (non-hydrogen) atoms. The molecule has 1 N–H and O–H groups in total. The van der Waals surface area contributed by atoms with Crippen molar-refractivity contribution in [1.82, 2.24) is 5.32 Å². The minimum atomic E-state index is -0.345. The van der Waals surface area contributed by atoms with Crippen molar-refractivity contribution < 1.29 is 18.7 Å². The van der Waals surface area contributed by atoms with Gasteiger partial charge in [0, 0.05) is 12.1 Å². The normalized spacial score (nSPS) is 9.88. The minimum absolute atomic E-state index is 0.0628. The molecule has 124 valence electrons. The Morgan fingerprint density at radius 2 is 2.04 bits per heavy atom. The minimum Gasteiger partial charge on any atom is -0.493 e. The third kappa shape index (κ3) is 4.71. The lowest BCUT2D eigenvalue weighted by molar-refractivity contribution is -0.120. The van der Waals surface area contributed by atoms with Crippen LogP contribution in [0.2, 0.25) is 0 Å². The molecule has 5 nitrogen and oxygen atoms in total. The summed E-state index contributed by atoms with van der Waals surface area (Å²) in [6, 6.07) is 13.4. The van der Waals surface area contributed by atoms with Gasteiger partial charge < -0.3 is 14.8 Å². The molecule has 2 aromatic rings. The number of amides is 1. The first-order valence-electron chi connectivity index (χ1n) is 7.31. The highest BCUT2D eigenvalue weighted by Gasteiger charge is 2.09. The Kier molecular flexibility index (Phi) is 6.15. The van der Waals surface area contributed by atoms with E-state index in [4.69, 9.17) is 14.7 Å². The first-order valence-corrected chi connectivity index (χ1v) is 7.31. The molecule has 1 amide bonds. The monoisotopic (exact) mass is 328 g/mol. The maximum atomic E-state index is 13.7. The van der Waals surface area contributed by atoms with E-state index in [1.165, 1.54) is 13.2 Å². The van der Waals surface area contributed by atoms with Gasteiger partial charge in [-0.2, -0.15) is 5.26 Å². The quantitative estimate of drug-likeness (QED) is 0.848. The number of nitriles is 1. The number of nitrogens with one attached hydrogen (secondary N) is 1. The van der Waals surface area contributed by atoms with E-state index < -0.39 is 0 Å². The number of carbonyl (C=O) groups excluding carboxylic acids is 1. The maximum Gasteiger partial charge on any atom is 0.234 e. The molecular weight excluding hydrogens is 311 g/mol. The molecule has 2 rings (SSSR count). The second-order valence-electron chi connectivity index (χ2n) is 4.98. The molecule has 0 spiro atoms. The highest BCUT2D eigenvalue weighted by Crippen LogP contribution is 2.29. The predicted octanol–water partition coefficient (Wildman–Crippen LogP) is 2.94. The number of ether oxygens (including phenoxy) is 2. The van der Waals surface area contributed by atoms with E-state index in [2.05, 4.69) is 5.32 Å². The Morgan fingerprint density at radius 3 is 2.75 bits per heavy atom. The summed E-state index contributed by atoms with van der Waals surface area (Å²) in [6.45, 7) is 0.327. The average molecular weight is 328 g/mol. The highest BCUT2D eigenvalue weighted by molar-refractivity contribution is 5.77. The average Bonchev–Trinajstić information content (AvgIpc) is 2.59. The van der Waals surface area contributed by atoms with E-state index in [1.807, 2.05) is 0 Å². The first kappa shape index (κ1) is 17.3. The number of nitrogens with zero attached hydrogens (tertiary/aromatic N) is 1. The Hall–Kier alpha value is -3.07. The van der Waals surface area contributed by atoms with Gasteiger partial charge in [-0.1, -0.05) is 24.3 Å². The molecule has 0 saturated heterocycles. The highest BCUT2D eigenvalue weighted by atomic mass is 19.1. The van der Waals surface area contributed by atoms with Gasteiger partial charge in [0.15, 0.2) is 11.5 Å². The number of benzene rings is 2. The Labute approximate surface area is 139 Å². The summed E-state index contributed by atoms with van der Waals surface area (Å²) in [5.74, 6) is 0.282. The SMILES string of the molecule is COc1ccc(CNC(=O)CC#N)cc1OCc1ccccc1F. The maximum absolute atomic E-state index is 13.7. The molecule has 6 heteroatoms. The zero-order valence-electron chi connectivity index (χ0n) is 13.2. The van der Waals surface area contributed by atoms with Gasteiger partial charge in [-0.3, -0.25) is 4.79 Å². The van der Waals surface area contributed by atoms with E-state index in [0.717, 1.165) is 5.56 Å². The number of rotatable bonds is 7. The summed E-state index contributed by atoms with van der Waals surface area (Å²) >= 11 is 0. The van der Waals surface area contributed by atoms with Crippen LogP contribution in [0.25, 0.3) is 0 Å². The number of hydrogen-bond acceptors (Lipinski definition) is 4. The van der Waals surface area contributed by atoms with Crippen LogP contribution >= 0.6 is 0 Å². The van der Waals surface area contributed by atoms with E-state index in [0.29, 0.717) is 17.1 Å². The predicted molar refractivity (Wildman–Crippen MR) is 85.8 cm³/mol. The van der Waals surface area contributed by atoms with Crippen molar-refractivity contribution in [2.45, 2.75) is 19.6 Å². The van der Waals surface area contributed by atoms with Crippen LogP contribution in [0.1, 0.15) is 17.5 Å². The van der Waals surface area contributed by atoms with Crippen LogP contribution in [-0.4, -0.2) is 13.0 Å². The summed E-state index contributed by atoms with van der Waals surface area (Å²) in [5.41, 5.74) is 1.22. The molecule has 0 aliphatic heterocycles. The molecule has 0 atom stereocenters. The van der Waals surface area contributed by atoms with Crippen LogP contribution in [0.3, 0.4) is 0 Å². The number of carbonyl (C=O) groups is 1. The van der Waals surface area contributed by atoms with Crippen LogP contribution in [-0.2, 0) is 17.9 Å². The summed E-state index contributed by atoms with van der Waals surface area (Å²) in [6.07, 6.45) is -0.188. The van der Waals surface area contributed by atoms with Crippen LogP contribution in [0.5, 0.6) is 11.5 Å². The molecule has 2 aromatic carbocycles. The Morgan fingerprint density at radius 1 is 1.25 bits per heavy atom. The third-order valence-corrected chi connectivity index (χ3v) is 3.30. The fourth-order valence-electron chi connectivity index (χ4n) is 2.05. The molecule has 0 unspecified atom stereocenters. The molecule has 0 aliphatic rings. The van der Waals surface area contributed by atoms with Crippen molar-refractivity contribution in [2.75, 3.05) is 7.11 Å². The first-order chi connectivity index (χ1) is 11.6. The van der Waals surface area contributed by atoms with Crippen molar-refractivity contribution in [3.63, 3.8) is 0 Å². The zero-order chi connectivity index (χ0) is 17.4. The number of halogens is 1. The summed E-state index contributed by atoms with van der Waals surface area (Å²) in [5, 5.41) is 11.1. The summed E-state index contributed by atoms with van der Waals surface area (Å²) < 4.78 is 24.5. The van der Waals surface area contributed by atoms with Gasteiger partial charge in [0.2, 0.25) is 5.91 Å². The van der Waals surface area contributed by atoms with Gasteiger partial charge in [0.05, 0.1) is 13.2 Å². The Balaban J connectivity index is 2.07. The summed E-state index contributed by atoms with van der Waals surface area (Å²) in [7, 11) is 1.51. The topological polar surface area (TPSA) is 71.3 Å². The van der Waals surface area contributed by atoms with Crippen molar-refractivity contribution in [2.24, 2.45) is 0 Å². The van der Waals surface area contributed by atoms with Crippen molar-refractivity contribution in [1.29, 1.82) is 5.26 Å². The molecule has 0 bridgehead atoms. The van der Waals surface area contributed by atoms with E-state index in [-0.39, 0.29) is 31.3 Å². The van der Waals surface area contributed by atoms with Crippen LogP contribution in [0.4, 0.5) is 4.39 Å². The van der Waals surface area contributed by atoms with Crippen LogP contribution in [0, 0.1) is 17.1 Å². The van der Waals surface area contributed by atoms with Gasteiger partial charge in [0.25, 0.3) is 0 Å². The van der Waals surface area contributed by atoms with Crippen molar-refractivity contribution in [3.8, 4) is 17.6 Å². The molecule has 0 aromatic heterocycles. The summed E-state index contributed by atoms with van der Waals surface area (Å²) in [4.78, 5) is 11.3. The third-order valence-electron chi connectivity index (χ3n) is 3.30. The zero-order valence-corrected chi connectivity index (χ0v) is 13.2. The number of methoxy groups -OCH3 is 1. The van der Waals surface area contributed by atoms with Crippen molar-refractivity contribution in [3.05, 3.63) is 59.4 Å². The van der Waals surface area contributed by atoms with Gasteiger partial charge in [-0.05, 0) is 23.8 Å². The smallest absolute Gasteiger partial charge is 0.234 e. The van der Waals surface area contributed by atoms with E-state index in [1.54, 1.807) is 42.5 Å². The molecule has 0 saturated carbocycles. The van der Waals surface area contributed by atoms with Crippen molar-refractivity contribution >= 4 is 5.91 Å². The second kappa shape index (κ2) is 8.53. The molecule has 0 heterocycles. The largest absolute Gasteiger partial charge is 0.493 e. The van der Waals surface area contributed by atoms with E-state index >= 15 is 0 Å². The van der Waals surface area contributed by atoms with Gasteiger partial charge in [-0.15, -0.1) is 0 Å². The van der Waals surface area contributed by atoms with Crippen LogP contribution in [0.15, 0.2) is 42.5 Å². The fourth-order valence-corrected chi connectivity index (χ4v) is 2.05. The van der Waals surface area contributed by atoms with Gasteiger partial charge in [0.1, 0.15) is 18.8 Å². The Bertz CT molecular complexity index is 756. The van der Waals surface area contributed by atoms with Gasteiger partial charge in [-0.25, -0.2) is 4.39 Å². The molecule has 0 radical (unpaired) electrons. The van der Waals surface area contributed by atoms with Crippen LogP contribution < -0.4 is 14.8 Å². The lowest BCUT2D eigenvalue weighted by atomic mass is 10.2. The molecule has 0 fully saturated rings. The lowest BCUT2D eigenvalue weighted by Crippen LogP contribution is -2.21. The number of hydrogen-bond donors (Lipinski definition) is 1. The fraction of sp³-hybridized carbons (Fsp3) is 0.222. The molecular formula is C18H17FN2O3. The van der Waals surface area contributed by atoms with E-state index in [9.17, 15) is 9.18 Å².